The van der Waals surface area contributed by atoms with Gasteiger partial charge in [-0.25, -0.2) is 9.97 Å². The van der Waals surface area contributed by atoms with Crippen LogP contribution in [0.15, 0.2) is 23.6 Å². The highest BCUT2D eigenvalue weighted by Crippen LogP contribution is 2.10. The first kappa shape index (κ1) is 14.0. The average molecular weight is 279 g/mol. The highest BCUT2D eigenvalue weighted by Gasteiger charge is 2.15. The molecule has 0 bridgehead atoms. The summed E-state index contributed by atoms with van der Waals surface area (Å²) in [5.74, 6) is -0.121. The monoisotopic (exact) mass is 279 g/mol. The summed E-state index contributed by atoms with van der Waals surface area (Å²) in [6.45, 7) is 1.38. The molecule has 2 rings (SSSR count). The predicted octanol–water partition coefficient (Wildman–Crippen LogP) is 1.51. The van der Waals surface area contributed by atoms with Crippen molar-refractivity contribution in [3.05, 3.63) is 24.0 Å². The van der Waals surface area contributed by atoms with Crippen LogP contribution in [0.4, 0.5) is 0 Å². The van der Waals surface area contributed by atoms with Crippen molar-refractivity contribution >= 4 is 23.7 Å². The van der Waals surface area contributed by atoms with Crippen LogP contribution >= 0.6 is 11.8 Å². The molecule has 0 radical (unpaired) electrons. The fourth-order valence-electron chi connectivity index (χ4n) is 1.77. The third-order valence-corrected chi connectivity index (χ3v) is 3.36. The molecule has 1 aromatic heterocycles. The van der Waals surface area contributed by atoms with E-state index in [2.05, 4.69) is 15.3 Å². The van der Waals surface area contributed by atoms with Crippen LogP contribution in [0.25, 0.3) is 6.08 Å². The zero-order chi connectivity index (χ0) is 13.5. The second-order valence-electron chi connectivity index (χ2n) is 4.22. The van der Waals surface area contributed by atoms with Crippen LogP contribution in [0.1, 0.15) is 18.4 Å². The van der Waals surface area contributed by atoms with Gasteiger partial charge in [-0.05, 0) is 25.2 Å². The van der Waals surface area contributed by atoms with Crippen LogP contribution in [0.2, 0.25) is 0 Å². The molecule has 1 amide bonds. The molecule has 2 heterocycles. The lowest BCUT2D eigenvalue weighted by Crippen LogP contribution is -2.30. The van der Waals surface area contributed by atoms with Crippen LogP contribution in [0, 0.1) is 0 Å². The summed E-state index contributed by atoms with van der Waals surface area (Å²) in [4.78, 5) is 19.9. The molecule has 1 atom stereocenters. The van der Waals surface area contributed by atoms with E-state index in [0.717, 1.165) is 30.2 Å². The van der Waals surface area contributed by atoms with Crippen LogP contribution in [-0.4, -0.2) is 41.4 Å². The molecular weight excluding hydrogens is 262 g/mol. The van der Waals surface area contributed by atoms with E-state index in [4.69, 9.17) is 4.74 Å². The minimum absolute atomic E-state index is 0.121. The van der Waals surface area contributed by atoms with Crippen molar-refractivity contribution in [2.45, 2.75) is 24.1 Å². The summed E-state index contributed by atoms with van der Waals surface area (Å²) in [6, 6.07) is 0. The van der Waals surface area contributed by atoms with E-state index >= 15 is 0 Å². The Hall–Kier alpha value is -1.40. The van der Waals surface area contributed by atoms with Gasteiger partial charge in [0.15, 0.2) is 5.16 Å². The normalized spacial score (nSPS) is 18.9. The molecule has 102 valence electrons. The number of thioether (sulfide) groups is 1. The molecule has 0 unspecified atom stereocenters. The molecule has 6 heteroatoms. The number of hydrogen-bond donors (Lipinski definition) is 1. The number of nitrogens with one attached hydrogen (secondary N) is 1. The molecule has 1 N–H and O–H groups in total. The maximum atomic E-state index is 11.6. The quantitative estimate of drug-likeness (QED) is 0.503. The van der Waals surface area contributed by atoms with Crippen molar-refractivity contribution in [2.24, 2.45) is 0 Å². The molecule has 1 aliphatic rings. The highest BCUT2D eigenvalue weighted by atomic mass is 32.2. The van der Waals surface area contributed by atoms with Gasteiger partial charge in [0, 0.05) is 37.2 Å². The van der Waals surface area contributed by atoms with Crippen molar-refractivity contribution in [1.29, 1.82) is 0 Å². The topological polar surface area (TPSA) is 64.1 Å². The van der Waals surface area contributed by atoms with Gasteiger partial charge in [0.25, 0.3) is 0 Å². The van der Waals surface area contributed by atoms with Gasteiger partial charge in [-0.2, -0.15) is 0 Å². The van der Waals surface area contributed by atoms with Gasteiger partial charge in [-0.15, -0.1) is 0 Å². The second-order valence-corrected chi connectivity index (χ2v) is 4.99. The molecule has 1 fully saturated rings. The number of carbonyl (C=O) groups excluding carboxylic acids is 1. The number of nitrogens with zero attached hydrogens (tertiary/aromatic N) is 2. The highest BCUT2D eigenvalue weighted by molar-refractivity contribution is 7.98. The lowest BCUT2D eigenvalue weighted by atomic mass is 10.2. The van der Waals surface area contributed by atoms with Gasteiger partial charge in [-0.3, -0.25) is 4.79 Å². The standard InChI is InChI=1S/C13H17N3O2S/c1-19-13-15-7-10(8-16-13)4-5-12(17)14-9-11-3-2-6-18-11/h4-5,7-8,11H,2-3,6,9H2,1H3,(H,14,17)/b5-4+/t11-/m1/s1. The Morgan fingerprint density at radius 2 is 2.37 bits per heavy atom. The summed E-state index contributed by atoms with van der Waals surface area (Å²) in [5.41, 5.74) is 0.810. The molecule has 5 nitrogen and oxygen atoms in total. The lowest BCUT2D eigenvalue weighted by Gasteiger charge is -2.08. The SMILES string of the molecule is CSc1ncc(/C=C/C(=O)NC[C@H]2CCCO2)cn1. The third kappa shape index (κ3) is 4.65. The fourth-order valence-corrected chi connectivity index (χ4v) is 2.08. The maximum Gasteiger partial charge on any atom is 0.244 e. The largest absolute Gasteiger partial charge is 0.376 e. The summed E-state index contributed by atoms with van der Waals surface area (Å²) in [7, 11) is 0. The van der Waals surface area contributed by atoms with Gasteiger partial charge in [0.1, 0.15) is 0 Å². The van der Waals surface area contributed by atoms with Crippen LogP contribution in [0.5, 0.6) is 0 Å². The van der Waals surface area contributed by atoms with E-state index in [0.29, 0.717) is 6.54 Å². The molecule has 0 aromatic carbocycles. The Kier molecular flexibility index (Phi) is 5.35. The first-order chi connectivity index (χ1) is 9.28. The van der Waals surface area contributed by atoms with E-state index in [1.165, 1.54) is 17.8 Å². The molecular formula is C13H17N3O2S. The predicted molar refractivity (Wildman–Crippen MR) is 74.8 cm³/mol. The molecule has 1 aliphatic heterocycles. The number of aromatic nitrogens is 2. The maximum absolute atomic E-state index is 11.6. The Bertz CT molecular complexity index is 442. The van der Waals surface area contributed by atoms with Gasteiger partial charge in [-0.1, -0.05) is 11.8 Å². The van der Waals surface area contributed by atoms with Crippen molar-refractivity contribution in [3.63, 3.8) is 0 Å². The fraction of sp³-hybridized carbons (Fsp3) is 0.462. The Balaban J connectivity index is 1.78. The molecule has 0 aliphatic carbocycles. The molecule has 0 saturated carbocycles. The van der Waals surface area contributed by atoms with Gasteiger partial charge < -0.3 is 10.1 Å². The number of rotatable bonds is 5. The smallest absolute Gasteiger partial charge is 0.244 e. The summed E-state index contributed by atoms with van der Waals surface area (Å²) < 4.78 is 5.43. The number of amides is 1. The Morgan fingerprint density at radius 3 is 3.00 bits per heavy atom. The minimum atomic E-state index is -0.121. The summed E-state index contributed by atoms with van der Waals surface area (Å²) in [5, 5.41) is 3.54. The molecule has 1 saturated heterocycles. The van der Waals surface area contributed by atoms with Gasteiger partial charge >= 0.3 is 0 Å². The van der Waals surface area contributed by atoms with Crippen LogP contribution < -0.4 is 5.32 Å². The molecule has 19 heavy (non-hydrogen) atoms. The molecule has 1 aromatic rings. The second kappa shape index (κ2) is 7.25. The lowest BCUT2D eigenvalue weighted by molar-refractivity contribution is -0.116. The van der Waals surface area contributed by atoms with Crippen molar-refractivity contribution in [2.75, 3.05) is 19.4 Å². The summed E-state index contributed by atoms with van der Waals surface area (Å²) >= 11 is 1.48. The van der Waals surface area contributed by atoms with Gasteiger partial charge in [0.05, 0.1) is 6.10 Å². The Labute approximate surface area is 116 Å². The minimum Gasteiger partial charge on any atom is -0.376 e. The van der Waals surface area contributed by atoms with Gasteiger partial charge in [0.2, 0.25) is 5.91 Å². The summed E-state index contributed by atoms with van der Waals surface area (Å²) in [6.07, 6.45) is 10.8. The molecule has 0 spiro atoms. The average Bonchev–Trinajstić information content (AvgIpc) is 2.96. The van der Waals surface area contributed by atoms with E-state index < -0.39 is 0 Å². The van der Waals surface area contributed by atoms with E-state index in [9.17, 15) is 4.79 Å². The van der Waals surface area contributed by atoms with Crippen LogP contribution in [0.3, 0.4) is 0 Å². The number of carbonyl (C=O) groups is 1. The number of ether oxygens (including phenoxy) is 1. The van der Waals surface area contributed by atoms with E-state index in [-0.39, 0.29) is 12.0 Å². The Morgan fingerprint density at radius 1 is 1.58 bits per heavy atom. The number of hydrogen-bond acceptors (Lipinski definition) is 5. The van der Waals surface area contributed by atoms with E-state index in [1.807, 2.05) is 6.26 Å². The first-order valence-electron chi connectivity index (χ1n) is 6.21. The van der Waals surface area contributed by atoms with Crippen LogP contribution in [-0.2, 0) is 9.53 Å². The van der Waals surface area contributed by atoms with Crippen molar-refractivity contribution in [3.8, 4) is 0 Å². The van der Waals surface area contributed by atoms with E-state index in [1.54, 1.807) is 18.5 Å². The first-order valence-corrected chi connectivity index (χ1v) is 7.44. The zero-order valence-electron chi connectivity index (χ0n) is 10.8. The van der Waals surface area contributed by atoms with Crippen molar-refractivity contribution in [1.82, 2.24) is 15.3 Å². The van der Waals surface area contributed by atoms with Crippen molar-refractivity contribution < 1.29 is 9.53 Å². The third-order valence-electron chi connectivity index (χ3n) is 2.79. The zero-order valence-corrected chi connectivity index (χ0v) is 11.7.